The normalized spacial score (nSPS) is 15.2. The van der Waals surface area contributed by atoms with Crippen molar-refractivity contribution in [3.63, 3.8) is 0 Å². The fraction of sp³-hybridized carbons (Fsp3) is 0.192. The van der Waals surface area contributed by atoms with Gasteiger partial charge in [-0.15, -0.1) is 0 Å². The van der Waals surface area contributed by atoms with Crippen LogP contribution in [0.4, 0.5) is 29.3 Å². The lowest BCUT2D eigenvalue weighted by molar-refractivity contribution is -0.137. The first-order chi connectivity index (χ1) is 17.8. The van der Waals surface area contributed by atoms with Gasteiger partial charge in [0.05, 0.1) is 46.5 Å². The molecule has 0 aliphatic carbocycles. The Hall–Kier alpha value is -4.72. The van der Waals surface area contributed by atoms with E-state index >= 15 is 0 Å². The number of halogens is 3. The number of urea groups is 1. The number of nitrogens with one attached hydrogen (secondary N) is 1. The van der Waals surface area contributed by atoms with Crippen molar-refractivity contribution in [1.82, 2.24) is 19.4 Å². The lowest BCUT2D eigenvalue weighted by Gasteiger charge is -2.33. The van der Waals surface area contributed by atoms with Gasteiger partial charge >= 0.3 is 12.2 Å². The minimum Gasteiger partial charge on any atom is -0.494 e. The highest BCUT2D eigenvalue weighted by molar-refractivity contribution is 6.03. The van der Waals surface area contributed by atoms with Gasteiger partial charge in [-0.3, -0.25) is 4.90 Å². The Morgan fingerprint density at radius 3 is 2.59 bits per heavy atom. The first-order valence-electron chi connectivity index (χ1n) is 11.4. The molecule has 2 aromatic carbocycles. The summed E-state index contributed by atoms with van der Waals surface area (Å²) in [6.45, 7) is 1.03. The number of anilines is 2. The van der Waals surface area contributed by atoms with Crippen molar-refractivity contribution in [1.29, 1.82) is 5.26 Å². The maximum Gasteiger partial charge on any atom is 0.416 e. The molecule has 37 heavy (non-hydrogen) atoms. The van der Waals surface area contributed by atoms with Gasteiger partial charge in [-0.2, -0.15) is 18.4 Å². The largest absolute Gasteiger partial charge is 0.494 e. The zero-order chi connectivity index (χ0) is 26.2. The van der Waals surface area contributed by atoms with Gasteiger partial charge in [-0.25, -0.2) is 9.78 Å². The Labute approximate surface area is 209 Å². The Balaban J connectivity index is 1.57. The monoisotopic (exact) mass is 506 g/mol. The number of benzene rings is 2. The van der Waals surface area contributed by atoms with Crippen LogP contribution in [-0.4, -0.2) is 25.3 Å². The maximum absolute atomic E-state index is 13.4. The Morgan fingerprint density at radius 1 is 1.14 bits per heavy atom. The number of nitriles is 1. The molecule has 3 heterocycles. The quantitative estimate of drug-likeness (QED) is 0.370. The number of aromatic nitrogens is 3. The molecular weight excluding hydrogens is 485 g/mol. The number of aromatic hydroxyl groups is 1. The van der Waals surface area contributed by atoms with Crippen LogP contribution >= 0.6 is 0 Å². The number of carbonyl (C=O) groups is 1. The van der Waals surface area contributed by atoms with E-state index < -0.39 is 23.8 Å². The first-order valence-corrected chi connectivity index (χ1v) is 11.4. The number of imidazole rings is 1. The summed E-state index contributed by atoms with van der Waals surface area (Å²) in [5.41, 5.74) is 0.795. The molecule has 0 fully saturated rings. The van der Waals surface area contributed by atoms with Crippen LogP contribution < -0.4 is 10.2 Å². The van der Waals surface area contributed by atoms with Crippen molar-refractivity contribution in [2.45, 2.75) is 31.7 Å². The minimum absolute atomic E-state index is 0.0161. The molecule has 1 atom stereocenters. The van der Waals surface area contributed by atoms with Crippen LogP contribution in [0.15, 0.2) is 73.4 Å². The third-order valence-corrected chi connectivity index (χ3v) is 6.25. The first kappa shape index (κ1) is 24.0. The number of hydrogen-bond donors (Lipinski definition) is 2. The Bertz CT molecular complexity index is 1470. The number of alkyl halides is 3. The second-order valence-corrected chi connectivity index (χ2v) is 8.60. The number of carbonyl (C=O) groups excluding carboxylic acids is 1. The van der Waals surface area contributed by atoms with Gasteiger partial charge in [0.15, 0.2) is 5.88 Å². The topological polar surface area (TPSA) is 99.1 Å². The van der Waals surface area contributed by atoms with Crippen LogP contribution in [0.2, 0.25) is 0 Å². The summed E-state index contributed by atoms with van der Waals surface area (Å²) in [7, 11) is 0. The summed E-state index contributed by atoms with van der Waals surface area (Å²) in [5.74, 6) is -0.105. The smallest absolute Gasteiger partial charge is 0.416 e. The van der Waals surface area contributed by atoms with E-state index in [9.17, 15) is 23.1 Å². The van der Waals surface area contributed by atoms with E-state index in [-0.39, 0.29) is 17.3 Å². The van der Waals surface area contributed by atoms with E-state index in [0.29, 0.717) is 36.2 Å². The molecule has 0 saturated carbocycles. The highest BCUT2D eigenvalue weighted by atomic mass is 19.4. The fourth-order valence-corrected chi connectivity index (χ4v) is 4.46. The van der Waals surface area contributed by atoms with E-state index in [0.717, 1.165) is 17.0 Å². The number of aryl methyl sites for hydroxylation is 2. The summed E-state index contributed by atoms with van der Waals surface area (Å²) >= 11 is 0. The van der Waals surface area contributed by atoms with E-state index in [2.05, 4.69) is 10.3 Å². The molecule has 4 aromatic rings. The van der Waals surface area contributed by atoms with Gasteiger partial charge in [0.2, 0.25) is 0 Å². The molecule has 188 valence electrons. The number of rotatable bonds is 6. The van der Waals surface area contributed by atoms with E-state index in [1.54, 1.807) is 47.6 Å². The number of fused-ring (bicyclic) bond motifs is 1. The van der Waals surface area contributed by atoms with Crippen molar-refractivity contribution < 1.29 is 23.1 Å². The predicted molar refractivity (Wildman–Crippen MR) is 128 cm³/mol. The average molecular weight is 506 g/mol. The lowest BCUT2D eigenvalue weighted by Crippen LogP contribution is -2.44. The van der Waals surface area contributed by atoms with E-state index in [4.69, 9.17) is 5.26 Å². The summed E-state index contributed by atoms with van der Waals surface area (Å²) in [6.07, 6.45) is 2.78. The van der Waals surface area contributed by atoms with E-state index in [1.165, 1.54) is 12.1 Å². The second-order valence-electron chi connectivity index (χ2n) is 8.60. The van der Waals surface area contributed by atoms with Crippen molar-refractivity contribution in [3.8, 4) is 11.9 Å². The molecule has 0 bridgehead atoms. The molecule has 0 spiro atoms. The molecule has 0 unspecified atom stereocenters. The van der Waals surface area contributed by atoms with Crippen LogP contribution in [0.25, 0.3) is 0 Å². The van der Waals surface area contributed by atoms with Crippen molar-refractivity contribution in [3.05, 3.63) is 95.7 Å². The van der Waals surface area contributed by atoms with Gasteiger partial charge < -0.3 is 19.6 Å². The van der Waals surface area contributed by atoms with Crippen LogP contribution in [-0.2, 0) is 19.3 Å². The summed E-state index contributed by atoms with van der Waals surface area (Å²) in [4.78, 5) is 18.4. The third-order valence-electron chi connectivity index (χ3n) is 6.25. The molecule has 8 nitrogen and oxygen atoms in total. The highest BCUT2D eigenvalue weighted by Crippen LogP contribution is 2.45. The van der Waals surface area contributed by atoms with Crippen LogP contribution in [0, 0.1) is 11.3 Å². The molecule has 2 amide bonds. The highest BCUT2D eigenvalue weighted by Gasteiger charge is 2.38. The van der Waals surface area contributed by atoms with Gasteiger partial charge in [0, 0.05) is 31.7 Å². The van der Waals surface area contributed by atoms with Crippen molar-refractivity contribution in [2.24, 2.45) is 0 Å². The predicted octanol–water partition coefficient (Wildman–Crippen LogP) is 5.32. The number of nitrogens with zero attached hydrogens (tertiary/aromatic N) is 5. The summed E-state index contributed by atoms with van der Waals surface area (Å²) in [6, 6.07) is 11.6. The molecule has 5 rings (SSSR count). The lowest BCUT2D eigenvalue weighted by atomic mass is 9.96. The summed E-state index contributed by atoms with van der Waals surface area (Å²) in [5, 5.41) is 23.2. The fourth-order valence-electron chi connectivity index (χ4n) is 4.46. The van der Waals surface area contributed by atoms with Gasteiger partial charge in [-0.1, -0.05) is 18.2 Å². The Kier molecular flexibility index (Phi) is 6.09. The molecular formula is C26H21F3N6O2. The van der Waals surface area contributed by atoms with Gasteiger partial charge in [0.1, 0.15) is 0 Å². The standard InChI is InChI=1S/C26H21F3N6O2/c27-26(28,29)19-3-1-4-20(13-19)35-21-15-34(11-2-10-33-12-9-31-16-33)24(36)22(21)23(32-25(35)37)18-7-5-17(14-30)6-8-18/h1,3-9,12-13,15-16,23,36H,2,10-11H2,(H,32,37)/t23-/m1/s1. The van der Waals surface area contributed by atoms with Gasteiger partial charge in [-0.05, 0) is 42.3 Å². The molecule has 11 heteroatoms. The number of hydrogen-bond acceptors (Lipinski definition) is 4. The summed E-state index contributed by atoms with van der Waals surface area (Å²) < 4.78 is 43.7. The second kappa shape index (κ2) is 9.39. The molecule has 2 N–H and O–H groups in total. The zero-order valence-corrected chi connectivity index (χ0v) is 19.4. The van der Waals surface area contributed by atoms with Crippen LogP contribution in [0.5, 0.6) is 5.88 Å². The van der Waals surface area contributed by atoms with Crippen molar-refractivity contribution >= 4 is 17.4 Å². The maximum atomic E-state index is 13.4. The molecule has 0 saturated heterocycles. The SMILES string of the molecule is N#Cc1ccc([C@H]2NC(=O)N(c3cccc(C(F)(F)F)c3)c3cn(CCCn4ccnc4)c(O)c32)cc1. The molecule has 2 aromatic heterocycles. The third kappa shape index (κ3) is 4.61. The van der Waals surface area contributed by atoms with Crippen LogP contribution in [0.3, 0.4) is 0 Å². The molecule has 0 radical (unpaired) electrons. The molecule has 1 aliphatic rings. The zero-order valence-electron chi connectivity index (χ0n) is 19.4. The Morgan fingerprint density at radius 2 is 1.92 bits per heavy atom. The van der Waals surface area contributed by atoms with Crippen LogP contribution in [0.1, 0.15) is 34.7 Å². The molecule has 1 aliphatic heterocycles. The van der Waals surface area contributed by atoms with Crippen molar-refractivity contribution in [2.75, 3.05) is 4.90 Å². The van der Waals surface area contributed by atoms with Gasteiger partial charge in [0.25, 0.3) is 0 Å². The average Bonchev–Trinajstić information content (AvgIpc) is 3.51. The van der Waals surface area contributed by atoms with E-state index in [1.807, 2.05) is 16.8 Å². The minimum atomic E-state index is -4.59. The number of amides is 2.